The first kappa shape index (κ1) is 15.5. The number of H-pyrrole nitrogens is 1. The van der Waals surface area contributed by atoms with Crippen LogP contribution in [0.15, 0.2) is 22.8 Å². The molecule has 4 nitrogen and oxygen atoms in total. The first-order chi connectivity index (χ1) is 10.6. The van der Waals surface area contributed by atoms with Crippen LogP contribution in [0.3, 0.4) is 0 Å². The summed E-state index contributed by atoms with van der Waals surface area (Å²) in [6, 6.07) is 3.78. The lowest BCUT2D eigenvalue weighted by atomic mass is 9.92. The number of aromatic amines is 1. The molecule has 6 heteroatoms. The predicted molar refractivity (Wildman–Crippen MR) is 92.5 cm³/mol. The van der Waals surface area contributed by atoms with Crippen LogP contribution in [0.1, 0.15) is 41.6 Å². The molecule has 0 amide bonds. The summed E-state index contributed by atoms with van der Waals surface area (Å²) < 4.78 is 11.5. The zero-order valence-corrected chi connectivity index (χ0v) is 14.6. The predicted octanol–water partition coefficient (Wildman–Crippen LogP) is 4.33. The van der Waals surface area contributed by atoms with Crippen LogP contribution >= 0.6 is 28.1 Å². The molecule has 1 aliphatic rings. The number of esters is 1. The third-order valence-electron chi connectivity index (χ3n) is 3.82. The molecule has 3 rings (SSSR count). The van der Waals surface area contributed by atoms with Gasteiger partial charge in [0.05, 0.1) is 30.2 Å². The Morgan fingerprint density at radius 3 is 3.09 bits per heavy atom. The Balaban J connectivity index is 2.11. The SMILES string of the molecule is CCOC(=O)c1cc(Br)cc2c(C3CCCOC3=S)c[nH]c12. The molecule has 2 heterocycles. The van der Waals surface area contributed by atoms with Crippen LogP contribution < -0.4 is 0 Å². The lowest BCUT2D eigenvalue weighted by molar-refractivity contribution is 0.0528. The number of hydrogen-bond donors (Lipinski definition) is 1. The number of aromatic nitrogens is 1. The molecule has 1 aromatic heterocycles. The molecule has 0 saturated carbocycles. The van der Waals surface area contributed by atoms with Crippen LogP contribution in [-0.4, -0.2) is 29.2 Å². The monoisotopic (exact) mass is 381 g/mol. The molecular weight excluding hydrogens is 366 g/mol. The molecule has 1 unspecified atom stereocenters. The van der Waals surface area contributed by atoms with E-state index in [9.17, 15) is 4.79 Å². The quantitative estimate of drug-likeness (QED) is 0.634. The van der Waals surface area contributed by atoms with Crippen molar-refractivity contribution in [2.24, 2.45) is 0 Å². The Morgan fingerprint density at radius 1 is 1.55 bits per heavy atom. The van der Waals surface area contributed by atoms with Gasteiger partial charge in [-0.25, -0.2) is 4.79 Å². The molecule has 1 N–H and O–H groups in total. The maximum Gasteiger partial charge on any atom is 0.340 e. The average Bonchev–Trinajstić information content (AvgIpc) is 2.90. The van der Waals surface area contributed by atoms with Gasteiger partial charge in [-0.15, -0.1) is 0 Å². The van der Waals surface area contributed by atoms with Crippen LogP contribution in [0.4, 0.5) is 0 Å². The number of rotatable bonds is 3. The third-order valence-corrected chi connectivity index (χ3v) is 4.68. The van der Waals surface area contributed by atoms with E-state index in [4.69, 9.17) is 21.7 Å². The first-order valence-corrected chi connectivity index (χ1v) is 8.46. The molecule has 0 spiro atoms. The molecule has 1 fully saturated rings. The summed E-state index contributed by atoms with van der Waals surface area (Å²) >= 11 is 8.83. The Labute approximate surface area is 142 Å². The van der Waals surface area contributed by atoms with Crippen molar-refractivity contribution in [3.05, 3.63) is 33.9 Å². The summed E-state index contributed by atoms with van der Waals surface area (Å²) in [6.45, 7) is 2.83. The van der Waals surface area contributed by atoms with Crippen molar-refractivity contribution in [1.82, 2.24) is 4.98 Å². The molecule has 1 aromatic carbocycles. The van der Waals surface area contributed by atoms with E-state index in [-0.39, 0.29) is 11.9 Å². The summed E-state index contributed by atoms with van der Waals surface area (Å²) in [5, 5.41) is 1.61. The number of thiocarbonyl (C=S) groups is 1. The molecule has 1 aliphatic heterocycles. The van der Waals surface area contributed by atoms with Crippen LogP contribution in [0.25, 0.3) is 10.9 Å². The molecule has 0 radical (unpaired) electrons. The Morgan fingerprint density at radius 2 is 2.36 bits per heavy atom. The molecular formula is C16H16BrNO3S. The van der Waals surface area contributed by atoms with Crippen LogP contribution in [0.5, 0.6) is 0 Å². The van der Waals surface area contributed by atoms with E-state index >= 15 is 0 Å². The lowest BCUT2D eigenvalue weighted by Gasteiger charge is -2.23. The number of fused-ring (bicyclic) bond motifs is 1. The number of ether oxygens (including phenoxy) is 2. The molecule has 1 atom stereocenters. The Kier molecular flexibility index (Phi) is 4.49. The van der Waals surface area contributed by atoms with Gasteiger partial charge in [0.25, 0.3) is 0 Å². The summed E-state index contributed by atoms with van der Waals surface area (Å²) in [6.07, 6.45) is 3.87. The van der Waals surface area contributed by atoms with Crippen LogP contribution in [0, 0.1) is 0 Å². The normalized spacial score (nSPS) is 18.3. The minimum atomic E-state index is -0.329. The molecule has 0 bridgehead atoms. The van der Waals surface area contributed by atoms with Gasteiger partial charge < -0.3 is 14.5 Å². The van der Waals surface area contributed by atoms with E-state index in [2.05, 4.69) is 20.9 Å². The van der Waals surface area contributed by atoms with E-state index in [1.165, 1.54) is 0 Å². The van der Waals surface area contributed by atoms with Gasteiger partial charge in [0, 0.05) is 16.1 Å². The van der Waals surface area contributed by atoms with E-state index in [0.29, 0.717) is 23.8 Å². The van der Waals surface area contributed by atoms with Crippen molar-refractivity contribution in [3.63, 3.8) is 0 Å². The highest BCUT2D eigenvalue weighted by molar-refractivity contribution is 9.10. The highest BCUT2D eigenvalue weighted by Gasteiger charge is 2.26. The van der Waals surface area contributed by atoms with Gasteiger partial charge in [-0.05, 0) is 49.7 Å². The summed E-state index contributed by atoms with van der Waals surface area (Å²) in [5.41, 5.74) is 2.39. The molecule has 22 heavy (non-hydrogen) atoms. The zero-order chi connectivity index (χ0) is 15.7. The highest BCUT2D eigenvalue weighted by atomic mass is 79.9. The topological polar surface area (TPSA) is 51.3 Å². The maximum absolute atomic E-state index is 12.1. The summed E-state index contributed by atoms with van der Waals surface area (Å²) in [7, 11) is 0. The summed E-state index contributed by atoms with van der Waals surface area (Å²) in [5.74, 6) is -0.244. The fourth-order valence-electron chi connectivity index (χ4n) is 2.84. The van der Waals surface area contributed by atoms with Gasteiger partial charge in [-0.3, -0.25) is 0 Å². The molecule has 116 valence electrons. The van der Waals surface area contributed by atoms with E-state index < -0.39 is 0 Å². The fraction of sp³-hybridized carbons (Fsp3) is 0.375. The smallest absolute Gasteiger partial charge is 0.340 e. The number of carbonyl (C=O) groups is 1. The third kappa shape index (κ3) is 2.77. The van der Waals surface area contributed by atoms with Gasteiger partial charge in [0.1, 0.15) is 0 Å². The van der Waals surface area contributed by atoms with E-state index in [0.717, 1.165) is 33.8 Å². The standard InChI is InChI=1S/C16H16BrNO3S/c1-2-20-15(19)12-7-9(17)6-11-13(8-18-14(11)12)10-4-3-5-21-16(10)22/h6-8,10,18H,2-5H2,1H3. The van der Waals surface area contributed by atoms with Crippen molar-refractivity contribution in [2.45, 2.75) is 25.7 Å². The van der Waals surface area contributed by atoms with Crippen LogP contribution in [-0.2, 0) is 9.47 Å². The van der Waals surface area contributed by atoms with Crippen molar-refractivity contribution >= 4 is 50.1 Å². The minimum absolute atomic E-state index is 0.0850. The van der Waals surface area contributed by atoms with Gasteiger partial charge in [0.2, 0.25) is 0 Å². The molecule has 0 aliphatic carbocycles. The highest BCUT2D eigenvalue weighted by Crippen LogP contribution is 2.35. The number of hydrogen-bond acceptors (Lipinski definition) is 4. The Bertz CT molecular complexity index is 740. The van der Waals surface area contributed by atoms with E-state index in [1.54, 1.807) is 13.0 Å². The fourth-order valence-corrected chi connectivity index (χ4v) is 3.62. The second-order valence-electron chi connectivity index (χ2n) is 5.20. The molecule has 2 aromatic rings. The number of halogens is 1. The summed E-state index contributed by atoms with van der Waals surface area (Å²) in [4.78, 5) is 15.4. The average molecular weight is 382 g/mol. The minimum Gasteiger partial charge on any atom is -0.486 e. The molecule has 1 saturated heterocycles. The largest absolute Gasteiger partial charge is 0.486 e. The van der Waals surface area contributed by atoms with Gasteiger partial charge >= 0.3 is 5.97 Å². The second kappa shape index (κ2) is 6.38. The number of nitrogens with one attached hydrogen (secondary N) is 1. The van der Waals surface area contributed by atoms with Gasteiger partial charge in [-0.2, -0.15) is 0 Å². The van der Waals surface area contributed by atoms with Crippen LogP contribution in [0.2, 0.25) is 0 Å². The van der Waals surface area contributed by atoms with E-state index in [1.807, 2.05) is 12.3 Å². The van der Waals surface area contributed by atoms with Crippen molar-refractivity contribution in [2.75, 3.05) is 13.2 Å². The number of benzene rings is 1. The lowest BCUT2D eigenvalue weighted by Crippen LogP contribution is -2.20. The number of carbonyl (C=O) groups excluding carboxylic acids is 1. The second-order valence-corrected chi connectivity index (χ2v) is 6.52. The zero-order valence-electron chi connectivity index (χ0n) is 12.1. The maximum atomic E-state index is 12.1. The van der Waals surface area contributed by atoms with Crippen molar-refractivity contribution < 1.29 is 14.3 Å². The Hall–Kier alpha value is -1.40. The van der Waals surface area contributed by atoms with Crippen molar-refractivity contribution in [1.29, 1.82) is 0 Å². The van der Waals surface area contributed by atoms with Gasteiger partial charge in [-0.1, -0.05) is 15.9 Å². The van der Waals surface area contributed by atoms with Gasteiger partial charge in [0.15, 0.2) is 5.05 Å². The van der Waals surface area contributed by atoms with Crippen molar-refractivity contribution in [3.8, 4) is 0 Å². The first-order valence-electron chi connectivity index (χ1n) is 7.26.